The number of benzene rings is 3. The molecule has 3 nitrogen and oxygen atoms in total. The number of thiophene rings is 1. The van der Waals surface area contributed by atoms with Crippen LogP contribution in [0.1, 0.15) is 0 Å². The number of nitrogens with one attached hydrogen (secondary N) is 1. The van der Waals surface area contributed by atoms with Crippen LogP contribution in [0.2, 0.25) is 0 Å². The van der Waals surface area contributed by atoms with Gasteiger partial charge in [0.2, 0.25) is 0 Å². The van der Waals surface area contributed by atoms with E-state index in [2.05, 4.69) is 62.3 Å². The Hall–Kier alpha value is -2.50. The van der Waals surface area contributed by atoms with Crippen molar-refractivity contribution in [2.75, 3.05) is 0 Å². The summed E-state index contributed by atoms with van der Waals surface area (Å²) >= 11 is 3.13. The van der Waals surface area contributed by atoms with Gasteiger partial charge in [-0.1, -0.05) is 36.4 Å². The lowest BCUT2D eigenvalue weighted by Crippen LogP contribution is -1.76. The third kappa shape index (κ3) is 1.39. The summed E-state index contributed by atoms with van der Waals surface area (Å²) < 4.78 is 11.8. The van der Waals surface area contributed by atoms with Crippen molar-refractivity contribution in [3.63, 3.8) is 0 Å². The molecule has 0 unspecified atom stereocenters. The van der Waals surface area contributed by atoms with Crippen LogP contribution >= 0.6 is 23.1 Å². The lowest BCUT2D eigenvalue weighted by Gasteiger charge is -1.97. The monoisotopic (exact) mass is 331 g/mol. The van der Waals surface area contributed by atoms with E-state index in [4.69, 9.17) is 0 Å². The Morgan fingerprint density at radius 2 is 1.52 bits per heavy atom. The number of nitrogens with zero attached hydrogens (tertiary/aromatic N) is 2. The van der Waals surface area contributed by atoms with Crippen LogP contribution in [0.4, 0.5) is 0 Å². The minimum atomic E-state index is 1.01. The fraction of sp³-hybridized carbons (Fsp3) is 0. The summed E-state index contributed by atoms with van der Waals surface area (Å²) in [4.78, 5) is 3.61. The van der Waals surface area contributed by atoms with Gasteiger partial charge in [0, 0.05) is 31.8 Å². The van der Waals surface area contributed by atoms with E-state index in [1.54, 1.807) is 0 Å². The summed E-state index contributed by atoms with van der Waals surface area (Å²) in [6.45, 7) is 0. The molecule has 108 valence electrons. The van der Waals surface area contributed by atoms with Crippen LogP contribution < -0.4 is 0 Å². The van der Waals surface area contributed by atoms with Crippen molar-refractivity contribution in [2.24, 2.45) is 0 Å². The van der Waals surface area contributed by atoms with E-state index < -0.39 is 0 Å². The first kappa shape index (κ1) is 12.0. The van der Waals surface area contributed by atoms with Crippen LogP contribution in [0.15, 0.2) is 48.5 Å². The smallest absolute Gasteiger partial charge is 0.115 e. The van der Waals surface area contributed by atoms with Gasteiger partial charge in [-0.05, 0) is 12.1 Å². The van der Waals surface area contributed by atoms with E-state index in [0.717, 1.165) is 16.6 Å². The van der Waals surface area contributed by atoms with Crippen molar-refractivity contribution in [2.45, 2.75) is 0 Å². The fourth-order valence-electron chi connectivity index (χ4n) is 3.53. The number of aromatic nitrogens is 3. The average Bonchev–Trinajstić information content (AvgIpc) is 3.28. The molecule has 1 N–H and O–H groups in total. The van der Waals surface area contributed by atoms with Gasteiger partial charge in [0.1, 0.15) is 11.0 Å². The number of aromatic amines is 1. The quantitative estimate of drug-likeness (QED) is 0.388. The molecule has 0 saturated heterocycles. The molecule has 3 aromatic heterocycles. The minimum absolute atomic E-state index is 1.01. The third-order valence-electron chi connectivity index (χ3n) is 4.49. The first-order chi connectivity index (χ1) is 11.4. The molecule has 0 fully saturated rings. The van der Waals surface area contributed by atoms with E-state index in [0.29, 0.717) is 0 Å². The predicted octanol–water partition coefficient (Wildman–Crippen LogP) is 5.69. The third-order valence-corrected chi connectivity index (χ3v) is 6.21. The molecule has 3 heterocycles. The Morgan fingerprint density at radius 3 is 2.43 bits per heavy atom. The molecule has 0 aliphatic heterocycles. The Bertz CT molecular complexity index is 1270. The van der Waals surface area contributed by atoms with E-state index >= 15 is 0 Å². The van der Waals surface area contributed by atoms with Crippen molar-refractivity contribution < 1.29 is 0 Å². The van der Waals surface area contributed by atoms with E-state index in [9.17, 15) is 0 Å². The van der Waals surface area contributed by atoms with Crippen molar-refractivity contribution in [3.05, 3.63) is 48.5 Å². The second-order valence-corrected chi connectivity index (χ2v) is 7.27. The second-order valence-electron chi connectivity index (χ2n) is 5.68. The topological polar surface area (TPSA) is 41.6 Å². The Balaban J connectivity index is 2.07. The highest BCUT2D eigenvalue weighted by Gasteiger charge is 2.19. The van der Waals surface area contributed by atoms with Crippen LogP contribution in [-0.2, 0) is 0 Å². The second kappa shape index (κ2) is 4.07. The first-order valence-electron chi connectivity index (χ1n) is 7.38. The molecule has 23 heavy (non-hydrogen) atoms. The highest BCUT2D eigenvalue weighted by atomic mass is 32.1. The maximum atomic E-state index is 4.63. The molecule has 5 heteroatoms. The van der Waals surface area contributed by atoms with Gasteiger partial charge in [0.15, 0.2) is 0 Å². The molecule has 3 aromatic carbocycles. The average molecular weight is 331 g/mol. The normalized spacial score (nSPS) is 12.3. The number of para-hydroxylation sites is 1. The Morgan fingerprint density at radius 1 is 0.783 bits per heavy atom. The predicted molar refractivity (Wildman–Crippen MR) is 99.7 cm³/mol. The largest absolute Gasteiger partial charge is 0.353 e. The van der Waals surface area contributed by atoms with Gasteiger partial charge in [-0.15, -0.1) is 11.3 Å². The molecule has 0 spiro atoms. The number of hydrogen-bond donors (Lipinski definition) is 1. The number of H-pyrrole nitrogens is 1. The van der Waals surface area contributed by atoms with E-state index in [1.165, 1.54) is 48.2 Å². The van der Waals surface area contributed by atoms with E-state index in [1.807, 2.05) is 11.3 Å². The number of hydrogen-bond acceptors (Lipinski definition) is 4. The molecule has 0 aliphatic rings. The summed E-state index contributed by atoms with van der Waals surface area (Å²) in [7, 11) is 0. The molecule has 0 atom stereocenters. The first-order valence-corrected chi connectivity index (χ1v) is 8.92. The Labute approximate surface area is 138 Å². The minimum Gasteiger partial charge on any atom is -0.353 e. The van der Waals surface area contributed by atoms with Crippen molar-refractivity contribution in [1.82, 2.24) is 13.7 Å². The van der Waals surface area contributed by atoms with Gasteiger partial charge >= 0.3 is 0 Å². The molecule has 6 aromatic rings. The standard InChI is InChI=1S/C18H9N3S2/c1-3-7-11-9(5-1)13-15-16(21-23-20-15)14-10-6-2-4-8-12(10)22-18(14)17(13)19-11/h1-8,19H. The van der Waals surface area contributed by atoms with Gasteiger partial charge in [-0.25, -0.2) is 0 Å². The molecule has 0 saturated carbocycles. The SMILES string of the molecule is c1ccc2c(c1)[nH]c1c3sc4ccccc4c3c3nsnc3c21. The maximum absolute atomic E-state index is 4.63. The van der Waals surface area contributed by atoms with Gasteiger partial charge in [0.05, 0.1) is 21.9 Å². The van der Waals surface area contributed by atoms with Crippen molar-refractivity contribution in [3.8, 4) is 0 Å². The molecule has 0 aliphatic carbocycles. The fourth-order valence-corrected chi connectivity index (χ4v) is 5.30. The highest BCUT2D eigenvalue weighted by Crippen LogP contribution is 2.44. The zero-order chi connectivity index (χ0) is 15.0. The zero-order valence-corrected chi connectivity index (χ0v) is 13.5. The highest BCUT2D eigenvalue weighted by molar-refractivity contribution is 7.27. The summed E-state index contributed by atoms with van der Waals surface area (Å²) in [6.07, 6.45) is 0. The lowest BCUT2D eigenvalue weighted by molar-refractivity contribution is 1.57. The molecule has 0 radical (unpaired) electrons. The van der Waals surface area contributed by atoms with E-state index in [-0.39, 0.29) is 0 Å². The van der Waals surface area contributed by atoms with Crippen molar-refractivity contribution in [1.29, 1.82) is 0 Å². The summed E-state index contributed by atoms with van der Waals surface area (Å²) in [6, 6.07) is 17.0. The molecule has 0 amide bonds. The van der Waals surface area contributed by atoms with Crippen LogP contribution in [0, 0.1) is 0 Å². The van der Waals surface area contributed by atoms with Gasteiger partial charge in [-0.3, -0.25) is 0 Å². The zero-order valence-electron chi connectivity index (χ0n) is 11.8. The van der Waals surface area contributed by atoms with Crippen LogP contribution in [0.3, 0.4) is 0 Å². The molecule has 6 rings (SSSR count). The van der Waals surface area contributed by atoms with Crippen LogP contribution in [0.25, 0.3) is 53.0 Å². The maximum Gasteiger partial charge on any atom is 0.115 e. The molecular formula is C18H9N3S2. The lowest BCUT2D eigenvalue weighted by atomic mass is 10.1. The van der Waals surface area contributed by atoms with Crippen LogP contribution in [-0.4, -0.2) is 13.7 Å². The van der Waals surface area contributed by atoms with Gasteiger partial charge in [-0.2, -0.15) is 8.75 Å². The Kier molecular flexibility index (Phi) is 2.12. The van der Waals surface area contributed by atoms with Gasteiger partial charge in [0.25, 0.3) is 0 Å². The molecule has 0 bridgehead atoms. The summed E-state index contributed by atoms with van der Waals surface area (Å²) in [5.41, 5.74) is 4.38. The summed E-state index contributed by atoms with van der Waals surface area (Å²) in [5, 5.41) is 4.92. The number of fused-ring (bicyclic) bond motifs is 10. The van der Waals surface area contributed by atoms with Crippen LogP contribution in [0.5, 0.6) is 0 Å². The molecular weight excluding hydrogens is 322 g/mol. The van der Waals surface area contributed by atoms with Crippen molar-refractivity contribution >= 4 is 76.1 Å². The number of rotatable bonds is 0. The summed E-state index contributed by atoms with van der Waals surface area (Å²) in [5.74, 6) is 0. The van der Waals surface area contributed by atoms with Gasteiger partial charge < -0.3 is 4.98 Å².